The first-order valence-corrected chi connectivity index (χ1v) is 8.30. The molecule has 21 heavy (non-hydrogen) atoms. The van der Waals surface area contributed by atoms with Crippen molar-refractivity contribution in [3.05, 3.63) is 29.8 Å². The maximum Gasteiger partial charge on any atom is 0.251 e. The number of anilines is 1. The molecule has 1 aromatic rings. The minimum absolute atomic E-state index is 0.0604. The summed E-state index contributed by atoms with van der Waals surface area (Å²) < 4.78 is 0. The molecule has 1 aliphatic rings. The second-order valence-corrected chi connectivity index (χ2v) is 6.18. The standard InChI is InChI=1S/C18H28N2O/c1-3-13-20(2)17-11-9-16(10-12-17)18(21)19-14-15-7-5-4-6-8-15/h9-12,15H,3-8,13-14H2,1-2H3,(H,19,21). The highest BCUT2D eigenvalue weighted by atomic mass is 16.1. The summed E-state index contributed by atoms with van der Waals surface area (Å²) in [4.78, 5) is 14.4. The van der Waals surface area contributed by atoms with Crippen molar-refractivity contribution in [3.63, 3.8) is 0 Å². The van der Waals surface area contributed by atoms with E-state index in [0.29, 0.717) is 5.92 Å². The van der Waals surface area contributed by atoms with Crippen LogP contribution in [-0.2, 0) is 0 Å². The molecule has 2 rings (SSSR count). The van der Waals surface area contributed by atoms with Crippen molar-refractivity contribution in [2.45, 2.75) is 45.4 Å². The largest absolute Gasteiger partial charge is 0.375 e. The van der Waals surface area contributed by atoms with Crippen LogP contribution >= 0.6 is 0 Å². The summed E-state index contributed by atoms with van der Waals surface area (Å²) in [5, 5.41) is 3.09. The maximum absolute atomic E-state index is 12.2. The molecule has 3 nitrogen and oxygen atoms in total. The van der Waals surface area contributed by atoms with Crippen LogP contribution in [0.5, 0.6) is 0 Å². The Morgan fingerprint density at radius 2 is 1.86 bits per heavy atom. The second-order valence-electron chi connectivity index (χ2n) is 6.18. The lowest BCUT2D eigenvalue weighted by Crippen LogP contribution is -2.30. The number of carbonyl (C=O) groups is 1. The monoisotopic (exact) mass is 288 g/mol. The third kappa shape index (κ3) is 4.76. The molecule has 116 valence electrons. The molecule has 1 saturated carbocycles. The average molecular weight is 288 g/mol. The molecule has 0 aliphatic heterocycles. The van der Waals surface area contributed by atoms with E-state index in [0.717, 1.165) is 25.1 Å². The molecule has 0 heterocycles. The van der Waals surface area contributed by atoms with E-state index in [1.165, 1.54) is 37.8 Å². The molecule has 1 aromatic carbocycles. The maximum atomic E-state index is 12.2. The van der Waals surface area contributed by atoms with E-state index in [1.807, 2.05) is 24.3 Å². The van der Waals surface area contributed by atoms with Gasteiger partial charge in [0.2, 0.25) is 0 Å². The van der Waals surface area contributed by atoms with Crippen molar-refractivity contribution in [1.29, 1.82) is 0 Å². The molecule has 3 heteroatoms. The highest BCUT2D eigenvalue weighted by Gasteiger charge is 2.14. The highest BCUT2D eigenvalue weighted by Crippen LogP contribution is 2.23. The fourth-order valence-electron chi connectivity index (χ4n) is 3.06. The van der Waals surface area contributed by atoms with Crippen LogP contribution in [-0.4, -0.2) is 26.0 Å². The Labute approximate surface area is 128 Å². The van der Waals surface area contributed by atoms with Gasteiger partial charge in [0.15, 0.2) is 0 Å². The van der Waals surface area contributed by atoms with E-state index in [1.54, 1.807) is 0 Å². The van der Waals surface area contributed by atoms with Gasteiger partial charge in [-0.25, -0.2) is 0 Å². The molecule has 0 unspecified atom stereocenters. The van der Waals surface area contributed by atoms with Crippen LogP contribution < -0.4 is 10.2 Å². The third-order valence-electron chi connectivity index (χ3n) is 4.41. The normalized spacial score (nSPS) is 15.7. The van der Waals surface area contributed by atoms with Crippen LogP contribution in [0, 0.1) is 5.92 Å². The molecule has 0 atom stereocenters. The SMILES string of the molecule is CCCN(C)c1ccc(C(=O)NCC2CCCCC2)cc1. The average Bonchev–Trinajstić information content (AvgIpc) is 2.54. The lowest BCUT2D eigenvalue weighted by atomic mass is 9.89. The summed E-state index contributed by atoms with van der Waals surface area (Å²) in [6.07, 6.45) is 7.65. The minimum Gasteiger partial charge on any atom is -0.375 e. The Morgan fingerprint density at radius 3 is 2.48 bits per heavy atom. The van der Waals surface area contributed by atoms with E-state index < -0.39 is 0 Å². The number of hydrogen-bond donors (Lipinski definition) is 1. The van der Waals surface area contributed by atoms with Crippen LogP contribution in [0.4, 0.5) is 5.69 Å². The lowest BCUT2D eigenvalue weighted by Gasteiger charge is -2.22. The summed E-state index contributed by atoms with van der Waals surface area (Å²) in [6, 6.07) is 7.92. The van der Waals surface area contributed by atoms with Crippen molar-refractivity contribution in [2.75, 3.05) is 25.0 Å². The number of benzene rings is 1. The van der Waals surface area contributed by atoms with Crippen molar-refractivity contribution in [2.24, 2.45) is 5.92 Å². The predicted octanol–water partition coefficient (Wildman–Crippen LogP) is 3.84. The fraction of sp³-hybridized carbons (Fsp3) is 0.611. The zero-order valence-electron chi connectivity index (χ0n) is 13.4. The van der Waals surface area contributed by atoms with Crippen LogP contribution in [0.3, 0.4) is 0 Å². The van der Waals surface area contributed by atoms with Crippen molar-refractivity contribution in [3.8, 4) is 0 Å². The number of nitrogens with one attached hydrogen (secondary N) is 1. The molecular weight excluding hydrogens is 260 g/mol. The molecule has 1 fully saturated rings. The van der Waals surface area contributed by atoms with Crippen molar-refractivity contribution >= 4 is 11.6 Å². The van der Waals surface area contributed by atoms with E-state index in [2.05, 4.69) is 24.2 Å². The van der Waals surface area contributed by atoms with Gasteiger partial charge >= 0.3 is 0 Å². The third-order valence-corrected chi connectivity index (χ3v) is 4.41. The number of carbonyl (C=O) groups excluding carboxylic acids is 1. The van der Waals surface area contributed by atoms with Gasteiger partial charge in [0.05, 0.1) is 0 Å². The number of nitrogens with zero attached hydrogens (tertiary/aromatic N) is 1. The molecule has 1 aliphatic carbocycles. The Hall–Kier alpha value is -1.51. The zero-order valence-corrected chi connectivity index (χ0v) is 13.4. The molecule has 0 bridgehead atoms. The first kappa shape index (κ1) is 15.9. The minimum atomic E-state index is 0.0604. The molecule has 0 radical (unpaired) electrons. The van der Waals surface area contributed by atoms with Gasteiger partial charge in [-0.05, 0) is 49.4 Å². The summed E-state index contributed by atoms with van der Waals surface area (Å²) in [5.74, 6) is 0.739. The summed E-state index contributed by atoms with van der Waals surface area (Å²) in [6.45, 7) is 4.03. The van der Waals surface area contributed by atoms with Gasteiger partial charge in [0.25, 0.3) is 5.91 Å². The quantitative estimate of drug-likeness (QED) is 0.862. The summed E-state index contributed by atoms with van der Waals surface area (Å²) >= 11 is 0. The predicted molar refractivity (Wildman–Crippen MR) is 88.9 cm³/mol. The van der Waals surface area contributed by atoms with Crippen LogP contribution in [0.25, 0.3) is 0 Å². The van der Waals surface area contributed by atoms with Gasteiger partial charge in [-0.15, -0.1) is 0 Å². The number of rotatable bonds is 6. The van der Waals surface area contributed by atoms with Gasteiger partial charge in [0, 0.05) is 31.4 Å². The lowest BCUT2D eigenvalue weighted by molar-refractivity contribution is 0.0943. The van der Waals surface area contributed by atoms with Gasteiger partial charge < -0.3 is 10.2 Å². The number of amides is 1. The molecule has 0 saturated heterocycles. The zero-order chi connectivity index (χ0) is 15.1. The molecule has 0 spiro atoms. The first-order chi connectivity index (χ1) is 10.2. The van der Waals surface area contributed by atoms with Gasteiger partial charge in [0.1, 0.15) is 0 Å². The van der Waals surface area contributed by atoms with E-state index in [-0.39, 0.29) is 5.91 Å². The smallest absolute Gasteiger partial charge is 0.251 e. The Morgan fingerprint density at radius 1 is 1.19 bits per heavy atom. The van der Waals surface area contributed by atoms with Gasteiger partial charge in [-0.2, -0.15) is 0 Å². The van der Waals surface area contributed by atoms with Gasteiger partial charge in [-0.1, -0.05) is 26.2 Å². The second kappa shape index (κ2) is 8.06. The van der Waals surface area contributed by atoms with Crippen molar-refractivity contribution < 1.29 is 4.79 Å². The fourth-order valence-corrected chi connectivity index (χ4v) is 3.06. The topological polar surface area (TPSA) is 32.3 Å². The van der Waals surface area contributed by atoms with E-state index in [4.69, 9.17) is 0 Å². The molecule has 1 N–H and O–H groups in total. The van der Waals surface area contributed by atoms with E-state index in [9.17, 15) is 4.79 Å². The Kier molecular flexibility index (Phi) is 6.09. The van der Waals surface area contributed by atoms with Crippen LogP contribution in [0.2, 0.25) is 0 Å². The molecule has 1 amide bonds. The van der Waals surface area contributed by atoms with Crippen LogP contribution in [0.15, 0.2) is 24.3 Å². The molecule has 0 aromatic heterocycles. The summed E-state index contributed by atoms with van der Waals surface area (Å²) in [7, 11) is 2.08. The van der Waals surface area contributed by atoms with Crippen LogP contribution in [0.1, 0.15) is 55.8 Å². The number of hydrogen-bond acceptors (Lipinski definition) is 2. The van der Waals surface area contributed by atoms with E-state index >= 15 is 0 Å². The molecular formula is C18H28N2O. The summed E-state index contributed by atoms with van der Waals surface area (Å²) in [5.41, 5.74) is 1.93. The first-order valence-electron chi connectivity index (χ1n) is 8.30. The van der Waals surface area contributed by atoms with Gasteiger partial charge in [-0.3, -0.25) is 4.79 Å². The Bertz CT molecular complexity index is 435. The van der Waals surface area contributed by atoms with Crippen molar-refractivity contribution in [1.82, 2.24) is 5.32 Å². The Balaban J connectivity index is 1.84. The highest BCUT2D eigenvalue weighted by molar-refractivity contribution is 5.94.